The third kappa shape index (κ3) is 2.31. The van der Waals surface area contributed by atoms with Crippen molar-refractivity contribution in [2.24, 2.45) is 7.05 Å². The summed E-state index contributed by atoms with van der Waals surface area (Å²) in [4.78, 5) is 4.65. The highest BCUT2D eigenvalue weighted by Gasteiger charge is 2.11. The molecule has 0 aliphatic carbocycles. The molecule has 0 amide bonds. The van der Waals surface area contributed by atoms with E-state index in [2.05, 4.69) is 39.8 Å². The number of benzene rings is 1. The standard InChI is InChI=1S/C15H17ClN4/c1-11-4-3-5-13-15(11)17-14(10-16)20(13)9-7-12-6-8-19(2)18-12/h3-6,8H,7,9-10H2,1-2H3. The van der Waals surface area contributed by atoms with Crippen LogP contribution in [0.25, 0.3) is 11.0 Å². The van der Waals surface area contributed by atoms with Crippen LogP contribution >= 0.6 is 11.6 Å². The molecule has 0 N–H and O–H groups in total. The lowest BCUT2D eigenvalue weighted by Crippen LogP contribution is -2.05. The van der Waals surface area contributed by atoms with Crippen molar-refractivity contribution in [1.82, 2.24) is 19.3 Å². The summed E-state index contributed by atoms with van der Waals surface area (Å²) in [5, 5.41) is 4.41. The van der Waals surface area contributed by atoms with E-state index in [-0.39, 0.29) is 0 Å². The van der Waals surface area contributed by atoms with Crippen molar-refractivity contribution >= 4 is 22.6 Å². The molecule has 0 spiro atoms. The maximum Gasteiger partial charge on any atom is 0.124 e. The molecule has 5 heteroatoms. The van der Waals surface area contributed by atoms with Gasteiger partial charge in [-0.25, -0.2) is 4.98 Å². The van der Waals surface area contributed by atoms with Crippen LogP contribution in [0.3, 0.4) is 0 Å². The van der Waals surface area contributed by atoms with Crippen molar-refractivity contribution in [3.63, 3.8) is 0 Å². The highest BCUT2D eigenvalue weighted by molar-refractivity contribution is 6.16. The molecule has 0 atom stereocenters. The van der Waals surface area contributed by atoms with Crippen molar-refractivity contribution in [2.45, 2.75) is 25.8 Å². The fourth-order valence-electron chi connectivity index (χ4n) is 2.51. The monoisotopic (exact) mass is 288 g/mol. The smallest absolute Gasteiger partial charge is 0.124 e. The Balaban J connectivity index is 1.95. The maximum absolute atomic E-state index is 6.04. The summed E-state index contributed by atoms with van der Waals surface area (Å²) in [6.45, 7) is 2.93. The Morgan fingerprint density at radius 1 is 1.25 bits per heavy atom. The summed E-state index contributed by atoms with van der Waals surface area (Å²) >= 11 is 6.04. The van der Waals surface area contributed by atoms with Gasteiger partial charge in [-0.3, -0.25) is 4.68 Å². The number of aromatic nitrogens is 4. The number of nitrogens with zero attached hydrogens (tertiary/aromatic N) is 4. The molecule has 3 rings (SSSR count). The molecule has 0 bridgehead atoms. The van der Waals surface area contributed by atoms with Crippen molar-refractivity contribution in [3.8, 4) is 0 Å². The van der Waals surface area contributed by atoms with Gasteiger partial charge < -0.3 is 4.57 Å². The zero-order valence-corrected chi connectivity index (χ0v) is 12.4. The minimum absolute atomic E-state index is 0.427. The van der Waals surface area contributed by atoms with Crippen LogP contribution in [0.5, 0.6) is 0 Å². The molecule has 3 aromatic rings. The van der Waals surface area contributed by atoms with E-state index in [0.29, 0.717) is 5.88 Å². The van der Waals surface area contributed by atoms with E-state index in [1.54, 1.807) is 0 Å². The van der Waals surface area contributed by atoms with Crippen LogP contribution in [-0.4, -0.2) is 19.3 Å². The molecule has 0 radical (unpaired) electrons. The number of rotatable bonds is 4. The first-order valence-corrected chi connectivity index (χ1v) is 7.21. The number of halogens is 1. The third-order valence-corrected chi connectivity index (χ3v) is 3.78. The van der Waals surface area contributed by atoms with Crippen molar-refractivity contribution < 1.29 is 0 Å². The van der Waals surface area contributed by atoms with Gasteiger partial charge in [0.25, 0.3) is 0 Å². The minimum Gasteiger partial charge on any atom is -0.327 e. The zero-order chi connectivity index (χ0) is 14.1. The van der Waals surface area contributed by atoms with Crippen molar-refractivity contribution in [3.05, 3.63) is 47.5 Å². The Morgan fingerprint density at radius 3 is 2.80 bits per heavy atom. The van der Waals surface area contributed by atoms with Crippen LogP contribution in [-0.2, 0) is 25.9 Å². The highest BCUT2D eigenvalue weighted by Crippen LogP contribution is 2.21. The number of hydrogen-bond acceptors (Lipinski definition) is 2. The molecule has 0 saturated heterocycles. The fourth-order valence-corrected chi connectivity index (χ4v) is 2.71. The molecule has 0 saturated carbocycles. The Bertz CT molecular complexity index is 741. The number of alkyl halides is 1. The van der Waals surface area contributed by atoms with Gasteiger partial charge >= 0.3 is 0 Å². The average molecular weight is 289 g/mol. The topological polar surface area (TPSA) is 35.6 Å². The van der Waals surface area contributed by atoms with E-state index < -0.39 is 0 Å². The van der Waals surface area contributed by atoms with E-state index in [1.807, 2.05) is 24.0 Å². The van der Waals surface area contributed by atoms with E-state index in [1.165, 1.54) is 5.56 Å². The van der Waals surface area contributed by atoms with E-state index in [9.17, 15) is 0 Å². The van der Waals surface area contributed by atoms with E-state index in [4.69, 9.17) is 11.6 Å². The zero-order valence-electron chi connectivity index (χ0n) is 11.7. The quantitative estimate of drug-likeness (QED) is 0.692. The largest absolute Gasteiger partial charge is 0.327 e. The molecular weight excluding hydrogens is 272 g/mol. The van der Waals surface area contributed by atoms with Crippen LogP contribution in [0.1, 0.15) is 17.1 Å². The van der Waals surface area contributed by atoms with Gasteiger partial charge in [0, 0.05) is 26.2 Å². The summed E-state index contributed by atoms with van der Waals surface area (Å²) in [7, 11) is 1.93. The van der Waals surface area contributed by atoms with Gasteiger partial charge in [-0.15, -0.1) is 11.6 Å². The van der Waals surface area contributed by atoms with Crippen LogP contribution in [0.4, 0.5) is 0 Å². The van der Waals surface area contributed by atoms with Gasteiger partial charge in [-0.05, 0) is 24.6 Å². The van der Waals surface area contributed by atoms with Crippen molar-refractivity contribution in [1.29, 1.82) is 0 Å². The second-order valence-corrected chi connectivity index (χ2v) is 5.25. The Labute approximate surface area is 123 Å². The van der Waals surface area contributed by atoms with Crippen LogP contribution in [0.15, 0.2) is 30.5 Å². The van der Waals surface area contributed by atoms with E-state index >= 15 is 0 Å². The summed E-state index contributed by atoms with van der Waals surface area (Å²) in [5.41, 5.74) is 4.47. The summed E-state index contributed by atoms with van der Waals surface area (Å²) in [6.07, 6.45) is 2.85. The summed E-state index contributed by atoms with van der Waals surface area (Å²) in [5.74, 6) is 1.35. The van der Waals surface area contributed by atoms with Crippen molar-refractivity contribution in [2.75, 3.05) is 0 Å². The molecule has 0 fully saturated rings. The predicted molar refractivity (Wildman–Crippen MR) is 80.9 cm³/mol. The Kier molecular flexibility index (Phi) is 3.49. The number of para-hydroxylation sites is 1. The first-order valence-electron chi connectivity index (χ1n) is 6.68. The second kappa shape index (κ2) is 5.29. The first-order chi connectivity index (χ1) is 9.69. The predicted octanol–water partition coefficient (Wildman–Crippen LogP) is 3.06. The maximum atomic E-state index is 6.04. The normalized spacial score (nSPS) is 11.3. The number of fused-ring (bicyclic) bond motifs is 1. The van der Waals surface area contributed by atoms with E-state index in [0.717, 1.165) is 35.5 Å². The molecule has 0 aliphatic heterocycles. The molecule has 20 heavy (non-hydrogen) atoms. The number of hydrogen-bond donors (Lipinski definition) is 0. The van der Waals surface area contributed by atoms with Gasteiger partial charge in [0.05, 0.1) is 22.6 Å². The lowest BCUT2D eigenvalue weighted by atomic mass is 10.2. The lowest BCUT2D eigenvalue weighted by Gasteiger charge is -2.06. The first kappa shape index (κ1) is 13.2. The molecule has 0 aliphatic rings. The van der Waals surface area contributed by atoms with Gasteiger partial charge in [0.15, 0.2) is 0 Å². The van der Waals surface area contributed by atoms with Gasteiger partial charge in [-0.2, -0.15) is 5.10 Å². The third-order valence-electron chi connectivity index (χ3n) is 3.54. The second-order valence-electron chi connectivity index (χ2n) is 4.99. The molecule has 104 valence electrons. The van der Waals surface area contributed by atoms with Gasteiger partial charge in [-0.1, -0.05) is 12.1 Å². The minimum atomic E-state index is 0.427. The highest BCUT2D eigenvalue weighted by atomic mass is 35.5. The number of imidazole rings is 1. The van der Waals surface area contributed by atoms with Gasteiger partial charge in [0.2, 0.25) is 0 Å². The molecular formula is C15H17ClN4. The lowest BCUT2D eigenvalue weighted by molar-refractivity contribution is 0.660. The molecule has 0 unspecified atom stereocenters. The van der Waals surface area contributed by atoms with Gasteiger partial charge in [0.1, 0.15) is 5.82 Å². The van der Waals surface area contributed by atoms with Crippen LogP contribution in [0.2, 0.25) is 0 Å². The Morgan fingerprint density at radius 2 is 2.10 bits per heavy atom. The molecule has 2 heterocycles. The molecule has 1 aromatic carbocycles. The Hall–Kier alpha value is -1.81. The molecule has 2 aromatic heterocycles. The van der Waals surface area contributed by atoms with Crippen LogP contribution in [0, 0.1) is 6.92 Å². The van der Waals surface area contributed by atoms with Crippen LogP contribution < -0.4 is 0 Å². The summed E-state index contributed by atoms with van der Waals surface area (Å²) < 4.78 is 4.03. The summed E-state index contributed by atoms with van der Waals surface area (Å²) in [6, 6.07) is 8.29. The average Bonchev–Trinajstić information content (AvgIpc) is 3.01. The fraction of sp³-hybridized carbons (Fsp3) is 0.333. The number of aryl methyl sites for hydroxylation is 4. The SMILES string of the molecule is Cc1cccc2c1nc(CCl)n2CCc1ccn(C)n1. The molecule has 4 nitrogen and oxygen atoms in total.